The maximum absolute atomic E-state index is 13.0. The van der Waals surface area contributed by atoms with Gasteiger partial charge in [-0.2, -0.15) is 0 Å². The van der Waals surface area contributed by atoms with Crippen LogP contribution in [0.2, 0.25) is 0 Å². The average Bonchev–Trinajstić information content (AvgIpc) is 2.69. The van der Waals surface area contributed by atoms with Gasteiger partial charge in [0.15, 0.2) is 5.82 Å². The minimum absolute atomic E-state index is 0.248. The summed E-state index contributed by atoms with van der Waals surface area (Å²) in [6, 6.07) is 15.2. The molecule has 0 unspecified atom stereocenters. The Labute approximate surface area is 155 Å². The van der Waals surface area contributed by atoms with E-state index in [0.717, 1.165) is 24.0 Å². The van der Waals surface area contributed by atoms with Crippen molar-refractivity contribution in [2.45, 2.75) is 45.4 Å². The van der Waals surface area contributed by atoms with Crippen molar-refractivity contribution < 1.29 is 4.39 Å². The minimum Gasteiger partial charge on any atom is -0.236 e. The highest BCUT2D eigenvalue weighted by molar-refractivity contribution is 5.54. The van der Waals surface area contributed by atoms with Crippen LogP contribution in [0.25, 0.3) is 11.4 Å². The van der Waals surface area contributed by atoms with Crippen LogP contribution >= 0.6 is 0 Å². The molecule has 0 amide bonds. The molecule has 134 valence electrons. The fraction of sp³-hybridized carbons (Fsp3) is 0.304. The van der Waals surface area contributed by atoms with Gasteiger partial charge in [-0.15, -0.1) is 0 Å². The molecule has 0 bridgehead atoms. The lowest BCUT2D eigenvalue weighted by Crippen LogP contribution is -1.96. The first-order chi connectivity index (χ1) is 12.7. The Balaban J connectivity index is 1.54. The largest absolute Gasteiger partial charge is 0.236 e. The van der Waals surface area contributed by atoms with E-state index in [-0.39, 0.29) is 5.82 Å². The van der Waals surface area contributed by atoms with Gasteiger partial charge in [-0.05, 0) is 66.6 Å². The van der Waals surface area contributed by atoms with Crippen molar-refractivity contribution in [1.82, 2.24) is 9.97 Å². The smallest absolute Gasteiger partial charge is 0.159 e. The van der Waals surface area contributed by atoms with Crippen molar-refractivity contribution >= 4 is 0 Å². The van der Waals surface area contributed by atoms with Crippen LogP contribution in [0, 0.1) is 5.82 Å². The van der Waals surface area contributed by atoms with Crippen molar-refractivity contribution in [3.8, 4) is 11.4 Å². The Hall–Kier alpha value is -2.55. The van der Waals surface area contributed by atoms with Crippen molar-refractivity contribution in [2.75, 3.05) is 0 Å². The van der Waals surface area contributed by atoms with Crippen LogP contribution < -0.4 is 0 Å². The van der Waals surface area contributed by atoms with E-state index in [1.54, 1.807) is 12.1 Å². The first kappa shape index (κ1) is 18.2. The lowest BCUT2D eigenvalue weighted by molar-refractivity contribution is 0.628. The van der Waals surface area contributed by atoms with Gasteiger partial charge in [0.05, 0.1) is 0 Å². The molecule has 0 aliphatic carbocycles. The zero-order valence-electron chi connectivity index (χ0n) is 15.3. The third-order valence-electron chi connectivity index (χ3n) is 4.60. The van der Waals surface area contributed by atoms with Crippen LogP contribution in [0.1, 0.15) is 42.9 Å². The van der Waals surface area contributed by atoms with Crippen LogP contribution in [0.15, 0.2) is 60.9 Å². The van der Waals surface area contributed by atoms with Gasteiger partial charge in [-0.1, -0.05) is 44.0 Å². The van der Waals surface area contributed by atoms with E-state index in [1.165, 1.54) is 48.9 Å². The summed E-state index contributed by atoms with van der Waals surface area (Å²) < 4.78 is 13.0. The first-order valence-electron chi connectivity index (χ1n) is 9.39. The number of unbranched alkanes of at least 4 members (excludes halogenated alkanes) is 2. The van der Waals surface area contributed by atoms with Crippen molar-refractivity contribution in [3.05, 3.63) is 83.4 Å². The molecule has 0 fully saturated rings. The summed E-state index contributed by atoms with van der Waals surface area (Å²) in [5, 5.41) is 0. The third-order valence-corrected chi connectivity index (χ3v) is 4.60. The molecular formula is C23H25FN2. The molecule has 3 rings (SSSR count). The van der Waals surface area contributed by atoms with Gasteiger partial charge < -0.3 is 0 Å². The topological polar surface area (TPSA) is 25.8 Å². The van der Waals surface area contributed by atoms with Crippen molar-refractivity contribution in [1.29, 1.82) is 0 Å². The molecule has 0 N–H and O–H groups in total. The Morgan fingerprint density at radius 2 is 1.27 bits per heavy atom. The number of rotatable bonds is 8. The van der Waals surface area contributed by atoms with E-state index in [0.29, 0.717) is 5.82 Å². The van der Waals surface area contributed by atoms with E-state index in [4.69, 9.17) is 0 Å². The van der Waals surface area contributed by atoms with Crippen molar-refractivity contribution in [3.63, 3.8) is 0 Å². The predicted molar refractivity (Wildman–Crippen MR) is 105 cm³/mol. The second kappa shape index (κ2) is 9.23. The average molecular weight is 348 g/mol. The predicted octanol–water partition coefficient (Wildman–Crippen LogP) is 5.80. The number of aromatic nitrogens is 2. The van der Waals surface area contributed by atoms with E-state index < -0.39 is 0 Å². The molecule has 26 heavy (non-hydrogen) atoms. The van der Waals surface area contributed by atoms with Gasteiger partial charge in [-0.3, -0.25) is 0 Å². The summed E-state index contributed by atoms with van der Waals surface area (Å²) >= 11 is 0. The van der Waals surface area contributed by atoms with Crippen LogP contribution in [-0.4, -0.2) is 9.97 Å². The number of nitrogens with zero attached hydrogens (tertiary/aromatic N) is 2. The molecule has 0 spiro atoms. The zero-order valence-corrected chi connectivity index (χ0v) is 15.3. The third kappa shape index (κ3) is 5.22. The van der Waals surface area contributed by atoms with Gasteiger partial charge in [0.1, 0.15) is 5.82 Å². The molecule has 3 aromatic rings. The molecule has 3 heteroatoms. The van der Waals surface area contributed by atoms with Crippen LogP contribution in [0.4, 0.5) is 4.39 Å². The fourth-order valence-corrected chi connectivity index (χ4v) is 2.97. The Morgan fingerprint density at radius 3 is 1.88 bits per heavy atom. The number of halogens is 1. The van der Waals surface area contributed by atoms with Gasteiger partial charge in [0.25, 0.3) is 0 Å². The van der Waals surface area contributed by atoms with E-state index in [9.17, 15) is 4.39 Å². The first-order valence-corrected chi connectivity index (χ1v) is 9.39. The molecule has 0 radical (unpaired) electrons. The number of aryl methyl sites for hydroxylation is 3. The van der Waals surface area contributed by atoms with Crippen LogP contribution in [0.3, 0.4) is 0 Å². The summed E-state index contributed by atoms with van der Waals surface area (Å²) in [6.07, 6.45) is 10.6. The normalized spacial score (nSPS) is 10.8. The quantitative estimate of drug-likeness (QED) is 0.481. The summed E-state index contributed by atoms with van der Waals surface area (Å²) in [5.74, 6) is 0.381. The highest BCUT2D eigenvalue weighted by atomic mass is 19.1. The molecule has 0 saturated heterocycles. The summed E-state index contributed by atoms with van der Waals surface area (Å²) in [6.45, 7) is 2.24. The van der Waals surface area contributed by atoms with Gasteiger partial charge in [0.2, 0.25) is 0 Å². The fourth-order valence-electron chi connectivity index (χ4n) is 2.97. The molecule has 1 heterocycles. The maximum Gasteiger partial charge on any atom is 0.159 e. The highest BCUT2D eigenvalue weighted by Gasteiger charge is 2.03. The van der Waals surface area contributed by atoms with Gasteiger partial charge in [0, 0.05) is 18.0 Å². The molecule has 0 aliphatic rings. The number of benzene rings is 2. The SMILES string of the molecule is CCCCCc1ccc(CCc2cnc(-c3ccc(F)cc3)nc2)cc1. The van der Waals surface area contributed by atoms with Gasteiger partial charge in [-0.25, -0.2) is 14.4 Å². The zero-order chi connectivity index (χ0) is 18.2. The summed E-state index contributed by atoms with van der Waals surface area (Å²) in [7, 11) is 0. The molecule has 0 saturated carbocycles. The van der Waals surface area contributed by atoms with Crippen LogP contribution in [-0.2, 0) is 19.3 Å². The molecule has 0 atom stereocenters. The molecular weight excluding hydrogens is 323 g/mol. The number of hydrogen-bond donors (Lipinski definition) is 0. The lowest BCUT2D eigenvalue weighted by atomic mass is 10.0. The summed E-state index contributed by atoms with van der Waals surface area (Å²) in [4.78, 5) is 8.83. The Kier molecular flexibility index (Phi) is 6.48. The molecule has 1 aromatic heterocycles. The second-order valence-corrected chi connectivity index (χ2v) is 6.70. The monoisotopic (exact) mass is 348 g/mol. The second-order valence-electron chi connectivity index (χ2n) is 6.70. The highest BCUT2D eigenvalue weighted by Crippen LogP contribution is 2.16. The van der Waals surface area contributed by atoms with E-state index in [2.05, 4.69) is 41.2 Å². The van der Waals surface area contributed by atoms with E-state index in [1.807, 2.05) is 12.4 Å². The lowest BCUT2D eigenvalue weighted by Gasteiger charge is -2.05. The maximum atomic E-state index is 13.0. The molecule has 0 aliphatic heterocycles. The number of hydrogen-bond acceptors (Lipinski definition) is 2. The van der Waals surface area contributed by atoms with Gasteiger partial charge >= 0.3 is 0 Å². The summed E-state index contributed by atoms with van der Waals surface area (Å²) in [5.41, 5.74) is 4.71. The Morgan fingerprint density at radius 1 is 0.692 bits per heavy atom. The minimum atomic E-state index is -0.248. The standard InChI is InChI=1S/C23H25FN2/c1-2-3-4-5-18-6-8-19(9-7-18)10-11-20-16-25-23(26-17-20)21-12-14-22(24)15-13-21/h6-9,12-17H,2-5,10-11H2,1H3. The molecule has 2 aromatic carbocycles. The Bertz CT molecular complexity index is 793. The van der Waals surface area contributed by atoms with E-state index >= 15 is 0 Å². The molecule has 2 nitrogen and oxygen atoms in total. The van der Waals surface area contributed by atoms with Crippen molar-refractivity contribution in [2.24, 2.45) is 0 Å². The van der Waals surface area contributed by atoms with Crippen LogP contribution in [0.5, 0.6) is 0 Å².